The first-order chi connectivity index (χ1) is 10.2. The molecule has 2 nitrogen and oxygen atoms in total. The Bertz CT molecular complexity index is 280. The van der Waals surface area contributed by atoms with Crippen molar-refractivity contribution in [2.45, 2.75) is 97.6 Å². The molecule has 0 aromatic rings. The highest BCUT2D eigenvalue weighted by atomic mass is 31.0. The van der Waals surface area contributed by atoms with Crippen molar-refractivity contribution in [1.82, 2.24) is 0 Å². The molecule has 22 heavy (non-hydrogen) atoms. The fourth-order valence-corrected chi connectivity index (χ4v) is 3.00. The summed E-state index contributed by atoms with van der Waals surface area (Å²) in [5, 5.41) is 8.42. The molecule has 0 aliphatic rings. The Labute approximate surface area is 141 Å². The minimum absolute atomic E-state index is 0.176. The second-order valence-corrected chi connectivity index (χ2v) is 7.72. The van der Waals surface area contributed by atoms with Crippen molar-refractivity contribution in [3.8, 4) is 0 Å². The first kappa shape index (κ1) is 23.9. The molecule has 132 valence electrons. The van der Waals surface area contributed by atoms with E-state index in [0.717, 1.165) is 5.92 Å². The normalized spacial score (nSPS) is 12.3. The highest BCUT2D eigenvalue weighted by Gasteiger charge is 2.29. The van der Waals surface area contributed by atoms with Gasteiger partial charge in [0.05, 0.1) is 0 Å². The van der Waals surface area contributed by atoms with Gasteiger partial charge < -0.3 is 5.11 Å². The number of hydrogen-bond acceptors (Lipinski definition) is 1. The van der Waals surface area contributed by atoms with Gasteiger partial charge >= 0.3 is 5.97 Å². The Hall–Kier alpha value is -0.360. The van der Waals surface area contributed by atoms with E-state index in [1.54, 1.807) is 0 Å². The molecule has 0 aromatic heterocycles. The van der Waals surface area contributed by atoms with E-state index in [1.165, 1.54) is 64.7 Å². The summed E-state index contributed by atoms with van der Waals surface area (Å²) in [6.07, 6.45) is 12.4. The van der Waals surface area contributed by atoms with Crippen LogP contribution in [0, 0.1) is 5.92 Å². The zero-order chi connectivity index (χ0) is 17.6. The second kappa shape index (κ2) is 14.2. The van der Waals surface area contributed by atoms with Crippen LogP contribution in [0.3, 0.4) is 0 Å². The first-order valence-electron chi connectivity index (χ1n) is 8.92. The smallest absolute Gasteiger partial charge is 0.330 e. The third-order valence-corrected chi connectivity index (χ3v) is 5.48. The van der Waals surface area contributed by atoms with Crippen LogP contribution in [0.5, 0.6) is 0 Å². The van der Waals surface area contributed by atoms with Gasteiger partial charge in [-0.25, -0.2) is 4.79 Å². The van der Waals surface area contributed by atoms with Crippen molar-refractivity contribution < 1.29 is 9.90 Å². The van der Waals surface area contributed by atoms with Crippen molar-refractivity contribution in [1.29, 1.82) is 0 Å². The van der Waals surface area contributed by atoms with Gasteiger partial charge in [-0.3, -0.25) is 0 Å². The summed E-state index contributed by atoms with van der Waals surface area (Å²) in [6, 6.07) is 0. The van der Waals surface area contributed by atoms with E-state index < -0.39 is 5.97 Å². The van der Waals surface area contributed by atoms with Crippen LogP contribution in [0.4, 0.5) is 0 Å². The van der Waals surface area contributed by atoms with Gasteiger partial charge in [0.15, 0.2) is 0 Å². The van der Waals surface area contributed by atoms with E-state index in [-0.39, 0.29) is 5.57 Å². The lowest BCUT2D eigenvalue weighted by atomic mass is 9.81. The lowest BCUT2D eigenvalue weighted by molar-refractivity contribution is -0.132. The van der Waals surface area contributed by atoms with Crippen molar-refractivity contribution in [3.05, 3.63) is 12.2 Å². The SMILES string of the molecule is C=C(C)C(=O)O.CCCCC(C)C(P)(CCCC)CCCC. The van der Waals surface area contributed by atoms with E-state index in [1.807, 2.05) is 0 Å². The lowest BCUT2D eigenvalue weighted by Gasteiger charge is -2.36. The van der Waals surface area contributed by atoms with Crippen molar-refractivity contribution in [3.63, 3.8) is 0 Å². The molecule has 0 aromatic carbocycles. The Morgan fingerprint density at radius 2 is 1.45 bits per heavy atom. The van der Waals surface area contributed by atoms with Crippen molar-refractivity contribution >= 4 is 15.2 Å². The van der Waals surface area contributed by atoms with Crippen LogP contribution in [-0.4, -0.2) is 16.2 Å². The van der Waals surface area contributed by atoms with Gasteiger partial charge in [0.25, 0.3) is 0 Å². The van der Waals surface area contributed by atoms with E-state index in [9.17, 15) is 4.79 Å². The van der Waals surface area contributed by atoms with E-state index in [2.05, 4.69) is 43.5 Å². The summed E-state index contributed by atoms with van der Waals surface area (Å²) < 4.78 is 0. The molecule has 3 heteroatoms. The van der Waals surface area contributed by atoms with Crippen LogP contribution in [0.2, 0.25) is 0 Å². The highest BCUT2D eigenvalue weighted by Crippen LogP contribution is 2.40. The Kier molecular flexibility index (Phi) is 15.5. The molecule has 0 radical (unpaired) electrons. The zero-order valence-corrected chi connectivity index (χ0v) is 16.7. The van der Waals surface area contributed by atoms with Crippen LogP contribution < -0.4 is 0 Å². The molecular formula is C19H39O2P. The molecule has 0 spiro atoms. The van der Waals surface area contributed by atoms with Crippen LogP contribution in [0.15, 0.2) is 12.2 Å². The minimum Gasteiger partial charge on any atom is -0.478 e. The molecule has 0 aliphatic heterocycles. The van der Waals surface area contributed by atoms with Gasteiger partial charge in [-0.2, -0.15) is 0 Å². The third-order valence-electron chi connectivity index (χ3n) is 4.33. The highest BCUT2D eigenvalue weighted by molar-refractivity contribution is 7.19. The molecule has 0 bridgehead atoms. The fourth-order valence-electron chi connectivity index (χ4n) is 2.43. The van der Waals surface area contributed by atoms with Crippen LogP contribution in [0.1, 0.15) is 92.4 Å². The van der Waals surface area contributed by atoms with Crippen LogP contribution >= 0.6 is 9.24 Å². The van der Waals surface area contributed by atoms with Crippen molar-refractivity contribution in [2.24, 2.45) is 5.92 Å². The Balaban J connectivity index is 0. The molecule has 2 unspecified atom stereocenters. The summed E-state index contributed by atoms with van der Waals surface area (Å²) in [6.45, 7) is 14.0. The number of carboxylic acids is 1. The fraction of sp³-hybridized carbons (Fsp3) is 0.842. The predicted octanol–water partition coefficient (Wildman–Crippen LogP) is 6.45. The average molecular weight is 330 g/mol. The largest absolute Gasteiger partial charge is 0.478 e. The summed E-state index contributed by atoms with van der Waals surface area (Å²) in [4.78, 5) is 9.60. The van der Waals surface area contributed by atoms with Gasteiger partial charge in [-0.05, 0) is 37.3 Å². The number of unbranched alkanes of at least 4 members (excludes halogenated alkanes) is 3. The summed E-state index contributed by atoms with van der Waals surface area (Å²) >= 11 is 0. The van der Waals surface area contributed by atoms with E-state index >= 15 is 0 Å². The van der Waals surface area contributed by atoms with Gasteiger partial charge in [-0.1, -0.05) is 72.8 Å². The topological polar surface area (TPSA) is 37.3 Å². The molecular weight excluding hydrogens is 291 g/mol. The van der Waals surface area contributed by atoms with Crippen LogP contribution in [0.25, 0.3) is 0 Å². The zero-order valence-electron chi connectivity index (χ0n) is 15.6. The number of hydrogen-bond donors (Lipinski definition) is 1. The molecule has 2 atom stereocenters. The van der Waals surface area contributed by atoms with Gasteiger partial charge in [-0.15, -0.1) is 9.24 Å². The second-order valence-electron chi connectivity index (χ2n) is 6.57. The maximum absolute atomic E-state index is 9.60. The van der Waals surface area contributed by atoms with E-state index in [0.29, 0.717) is 5.16 Å². The maximum Gasteiger partial charge on any atom is 0.330 e. The number of carboxylic acid groups (broad SMARTS) is 1. The molecule has 1 N–H and O–H groups in total. The summed E-state index contributed by atoms with van der Waals surface area (Å²) in [5.41, 5.74) is 0.176. The molecule has 0 rings (SSSR count). The molecule has 0 saturated carbocycles. The monoisotopic (exact) mass is 330 g/mol. The maximum atomic E-state index is 9.60. The lowest BCUT2D eigenvalue weighted by Crippen LogP contribution is -2.29. The third kappa shape index (κ3) is 12.2. The van der Waals surface area contributed by atoms with Gasteiger partial charge in [0, 0.05) is 5.57 Å². The number of rotatable bonds is 11. The predicted molar refractivity (Wildman–Crippen MR) is 103 cm³/mol. The quantitative estimate of drug-likeness (QED) is 0.349. The molecule has 0 heterocycles. The number of aliphatic carboxylic acids is 1. The molecule has 0 amide bonds. The summed E-state index contributed by atoms with van der Waals surface area (Å²) in [5.74, 6) is -0.0643. The minimum atomic E-state index is -0.935. The molecule has 0 saturated heterocycles. The standard InChI is InChI=1S/C15H33P.C4H6O2/c1-5-8-11-14(4)15(16,12-9-6-2)13-10-7-3;1-3(2)4(5)6/h14H,5-13,16H2,1-4H3;1H2,2H3,(H,5,6). The van der Waals surface area contributed by atoms with Crippen LogP contribution in [-0.2, 0) is 4.79 Å². The molecule has 0 fully saturated rings. The van der Waals surface area contributed by atoms with E-state index in [4.69, 9.17) is 5.11 Å². The van der Waals surface area contributed by atoms with Gasteiger partial charge in [0.1, 0.15) is 0 Å². The average Bonchev–Trinajstić information content (AvgIpc) is 2.48. The Morgan fingerprint density at radius 1 is 1.09 bits per heavy atom. The number of carbonyl (C=O) groups is 1. The molecule has 0 aliphatic carbocycles. The van der Waals surface area contributed by atoms with Crippen molar-refractivity contribution in [2.75, 3.05) is 0 Å². The first-order valence-corrected chi connectivity index (χ1v) is 9.50. The Morgan fingerprint density at radius 3 is 1.73 bits per heavy atom. The summed E-state index contributed by atoms with van der Waals surface area (Å²) in [7, 11) is 3.23. The van der Waals surface area contributed by atoms with Gasteiger partial charge in [0.2, 0.25) is 0 Å².